The summed E-state index contributed by atoms with van der Waals surface area (Å²) in [5, 5.41) is 3.35. The average molecular weight is 305 g/mol. The lowest BCUT2D eigenvalue weighted by molar-refractivity contribution is 0.589. The van der Waals surface area contributed by atoms with Crippen LogP contribution in [0.4, 0.5) is 0 Å². The molecule has 1 atom stereocenters. The number of hydrogen-bond donors (Lipinski definition) is 1. The molecule has 0 fully saturated rings. The van der Waals surface area contributed by atoms with Gasteiger partial charge in [0.25, 0.3) is 0 Å². The number of nitrogens with zero attached hydrogens (tertiary/aromatic N) is 1. The molecule has 2 nitrogen and oxygen atoms in total. The van der Waals surface area contributed by atoms with Crippen molar-refractivity contribution in [2.75, 3.05) is 7.05 Å². The molecule has 0 spiro atoms. The second kappa shape index (κ2) is 6.12. The summed E-state index contributed by atoms with van der Waals surface area (Å²) in [5.74, 6) is 0. The van der Waals surface area contributed by atoms with E-state index in [9.17, 15) is 0 Å². The molecular formula is C15H17BrN2. The van der Waals surface area contributed by atoms with Crippen molar-refractivity contribution in [3.05, 3.63) is 63.9 Å². The fourth-order valence-corrected chi connectivity index (χ4v) is 2.42. The summed E-state index contributed by atoms with van der Waals surface area (Å²) in [6.45, 7) is 2.01. The number of pyridine rings is 1. The van der Waals surface area contributed by atoms with Gasteiger partial charge in [-0.3, -0.25) is 4.98 Å². The van der Waals surface area contributed by atoms with Gasteiger partial charge in [0.05, 0.1) is 0 Å². The van der Waals surface area contributed by atoms with Crippen molar-refractivity contribution in [3.63, 3.8) is 0 Å². The molecule has 94 valence electrons. The highest BCUT2D eigenvalue weighted by Gasteiger charge is 2.10. The molecule has 0 saturated carbocycles. The van der Waals surface area contributed by atoms with E-state index in [4.69, 9.17) is 0 Å². The predicted octanol–water partition coefficient (Wildman–Crippen LogP) is 3.66. The molecule has 0 aliphatic heterocycles. The number of nitrogens with one attached hydrogen (secondary N) is 1. The maximum atomic E-state index is 4.36. The molecule has 0 aliphatic carbocycles. The van der Waals surface area contributed by atoms with Crippen LogP contribution >= 0.6 is 15.9 Å². The molecule has 2 aromatic rings. The summed E-state index contributed by atoms with van der Waals surface area (Å²) in [4.78, 5) is 4.36. The zero-order valence-corrected chi connectivity index (χ0v) is 12.2. The van der Waals surface area contributed by atoms with Crippen LogP contribution in [0.1, 0.15) is 22.9 Å². The third kappa shape index (κ3) is 3.40. The lowest BCUT2D eigenvalue weighted by atomic mass is 10.0. The van der Waals surface area contributed by atoms with Crippen molar-refractivity contribution in [2.24, 2.45) is 0 Å². The number of hydrogen-bond acceptors (Lipinski definition) is 2. The van der Waals surface area contributed by atoms with E-state index < -0.39 is 0 Å². The van der Waals surface area contributed by atoms with Crippen molar-refractivity contribution in [2.45, 2.75) is 19.4 Å². The van der Waals surface area contributed by atoms with Crippen LogP contribution in [0, 0.1) is 6.92 Å². The number of aryl methyl sites for hydroxylation is 1. The SMILES string of the molecule is CNC(Cc1cccc(Br)c1)c1ccc(C)nc1. The molecule has 0 aliphatic rings. The van der Waals surface area contributed by atoms with Crippen LogP contribution in [0.15, 0.2) is 47.1 Å². The quantitative estimate of drug-likeness (QED) is 0.932. The van der Waals surface area contributed by atoms with Gasteiger partial charge >= 0.3 is 0 Å². The summed E-state index contributed by atoms with van der Waals surface area (Å²) in [6, 6.07) is 12.9. The van der Waals surface area contributed by atoms with Crippen molar-refractivity contribution in [1.82, 2.24) is 10.3 Å². The Morgan fingerprint density at radius 2 is 2.11 bits per heavy atom. The number of benzene rings is 1. The van der Waals surface area contributed by atoms with Gasteiger partial charge < -0.3 is 5.32 Å². The van der Waals surface area contributed by atoms with E-state index in [1.54, 1.807) is 0 Å². The number of likely N-dealkylation sites (N-methyl/N-ethyl adjacent to an activating group) is 1. The van der Waals surface area contributed by atoms with Crippen LogP contribution in [-0.4, -0.2) is 12.0 Å². The largest absolute Gasteiger partial charge is 0.313 e. The Kier molecular flexibility index (Phi) is 4.50. The highest BCUT2D eigenvalue weighted by atomic mass is 79.9. The summed E-state index contributed by atoms with van der Waals surface area (Å²) >= 11 is 3.51. The zero-order chi connectivity index (χ0) is 13.0. The van der Waals surface area contributed by atoms with Crippen molar-refractivity contribution < 1.29 is 0 Å². The summed E-state index contributed by atoms with van der Waals surface area (Å²) in [7, 11) is 1.99. The van der Waals surface area contributed by atoms with Crippen LogP contribution in [0.2, 0.25) is 0 Å². The van der Waals surface area contributed by atoms with Gasteiger partial charge in [0, 0.05) is 22.4 Å². The molecule has 0 saturated heterocycles. The third-order valence-corrected chi connectivity index (χ3v) is 3.51. The first-order valence-electron chi connectivity index (χ1n) is 6.03. The number of halogens is 1. The van der Waals surface area contributed by atoms with Crippen molar-refractivity contribution in [3.8, 4) is 0 Å². The molecule has 0 bridgehead atoms. The number of aromatic nitrogens is 1. The smallest absolute Gasteiger partial charge is 0.0373 e. The van der Waals surface area contributed by atoms with E-state index >= 15 is 0 Å². The minimum Gasteiger partial charge on any atom is -0.313 e. The first kappa shape index (κ1) is 13.2. The second-order valence-corrected chi connectivity index (χ2v) is 5.32. The highest BCUT2D eigenvalue weighted by molar-refractivity contribution is 9.10. The Labute approximate surface area is 117 Å². The fourth-order valence-electron chi connectivity index (χ4n) is 1.97. The van der Waals surface area contributed by atoms with Crippen molar-refractivity contribution >= 4 is 15.9 Å². The standard InChI is InChI=1S/C15H17BrN2/c1-11-6-7-13(10-18-11)15(17-2)9-12-4-3-5-14(16)8-12/h3-8,10,15,17H,9H2,1-2H3. The van der Waals surface area contributed by atoms with Gasteiger partial charge in [-0.15, -0.1) is 0 Å². The van der Waals surface area contributed by atoms with Crippen molar-refractivity contribution in [1.29, 1.82) is 0 Å². The van der Waals surface area contributed by atoms with Gasteiger partial charge in [-0.25, -0.2) is 0 Å². The Balaban J connectivity index is 2.17. The Morgan fingerprint density at radius 1 is 1.28 bits per heavy atom. The maximum absolute atomic E-state index is 4.36. The zero-order valence-electron chi connectivity index (χ0n) is 10.7. The Bertz CT molecular complexity index is 508. The van der Waals surface area contributed by atoms with E-state index in [-0.39, 0.29) is 0 Å². The molecule has 2 rings (SSSR count). The van der Waals surface area contributed by atoms with E-state index in [2.05, 4.69) is 56.6 Å². The summed E-state index contributed by atoms with van der Waals surface area (Å²) in [5.41, 5.74) is 3.59. The third-order valence-electron chi connectivity index (χ3n) is 3.01. The van der Waals surface area contributed by atoms with Crippen LogP contribution in [0.3, 0.4) is 0 Å². The summed E-state index contributed by atoms with van der Waals surface area (Å²) < 4.78 is 1.12. The van der Waals surface area contributed by atoms with Crippen LogP contribution < -0.4 is 5.32 Å². The van der Waals surface area contributed by atoms with E-state index in [1.165, 1.54) is 11.1 Å². The molecule has 18 heavy (non-hydrogen) atoms. The average Bonchev–Trinajstić information content (AvgIpc) is 2.37. The van der Waals surface area contributed by atoms with Crippen LogP contribution in [0.5, 0.6) is 0 Å². The molecular weight excluding hydrogens is 288 g/mol. The predicted molar refractivity (Wildman–Crippen MR) is 78.6 cm³/mol. The van der Waals surface area contributed by atoms with Gasteiger partial charge in [0.15, 0.2) is 0 Å². The molecule has 1 N–H and O–H groups in total. The van der Waals surface area contributed by atoms with E-state index in [0.717, 1.165) is 16.6 Å². The van der Waals surface area contributed by atoms with Crippen LogP contribution in [0.25, 0.3) is 0 Å². The van der Waals surface area contributed by atoms with E-state index in [1.807, 2.05) is 26.2 Å². The van der Waals surface area contributed by atoms with Gasteiger partial charge in [-0.05, 0) is 49.7 Å². The van der Waals surface area contributed by atoms with Crippen LogP contribution in [-0.2, 0) is 6.42 Å². The fraction of sp³-hybridized carbons (Fsp3) is 0.267. The first-order valence-corrected chi connectivity index (χ1v) is 6.82. The monoisotopic (exact) mass is 304 g/mol. The van der Waals surface area contributed by atoms with E-state index in [0.29, 0.717) is 6.04 Å². The molecule has 0 radical (unpaired) electrons. The van der Waals surface area contributed by atoms with Gasteiger partial charge in [0.1, 0.15) is 0 Å². The normalized spacial score (nSPS) is 12.4. The molecule has 1 heterocycles. The molecule has 0 amide bonds. The molecule has 3 heteroatoms. The molecule has 1 aromatic heterocycles. The number of rotatable bonds is 4. The van der Waals surface area contributed by atoms with Gasteiger partial charge in [-0.1, -0.05) is 34.1 Å². The molecule has 1 aromatic carbocycles. The van der Waals surface area contributed by atoms with Gasteiger partial charge in [0.2, 0.25) is 0 Å². The lowest BCUT2D eigenvalue weighted by Gasteiger charge is -2.16. The second-order valence-electron chi connectivity index (χ2n) is 4.41. The van der Waals surface area contributed by atoms with Gasteiger partial charge in [-0.2, -0.15) is 0 Å². The minimum atomic E-state index is 0.299. The maximum Gasteiger partial charge on any atom is 0.0373 e. The first-order chi connectivity index (χ1) is 8.69. The minimum absolute atomic E-state index is 0.299. The Hall–Kier alpha value is -1.19. The lowest BCUT2D eigenvalue weighted by Crippen LogP contribution is -2.19. The Morgan fingerprint density at radius 3 is 2.72 bits per heavy atom. The molecule has 1 unspecified atom stereocenters. The topological polar surface area (TPSA) is 24.9 Å². The summed E-state index contributed by atoms with van der Waals surface area (Å²) in [6.07, 6.45) is 2.91. The highest BCUT2D eigenvalue weighted by Crippen LogP contribution is 2.20.